The van der Waals surface area contributed by atoms with Crippen molar-refractivity contribution < 1.29 is 14.3 Å². The lowest BCUT2D eigenvalue weighted by Crippen LogP contribution is -2.55. The van der Waals surface area contributed by atoms with Gasteiger partial charge in [0.25, 0.3) is 0 Å². The Balaban J connectivity index is 1.45. The largest absolute Gasteiger partial charge is 0.497 e. The van der Waals surface area contributed by atoms with Crippen molar-refractivity contribution in [3.05, 3.63) is 41.4 Å². The molecule has 0 atom stereocenters. The Hall–Kier alpha value is -2.61. The second kappa shape index (κ2) is 7.98. The molecule has 1 aliphatic rings. The molecule has 1 fully saturated rings. The topological polar surface area (TPSA) is 74.8 Å². The van der Waals surface area contributed by atoms with E-state index in [4.69, 9.17) is 4.74 Å². The van der Waals surface area contributed by atoms with Gasteiger partial charge in [-0.1, -0.05) is 12.1 Å². The predicted octanol–water partition coefficient (Wildman–Crippen LogP) is 1.75. The van der Waals surface area contributed by atoms with Crippen LogP contribution in [0.25, 0.3) is 0 Å². The predicted molar refractivity (Wildman–Crippen MR) is 96.1 cm³/mol. The minimum absolute atomic E-state index is 0.0773. The number of aromatic nitrogens is 1. The molecule has 2 heterocycles. The molecule has 25 heavy (non-hydrogen) atoms. The fraction of sp³-hybridized carbons (Fsp3) is 0.353. The van der Waals surface area contributed by atoms with Gasteiger partial charge >= 0.3 is 6.03 Å². The molecule has 1 N–H and O–H groups in total. The van der Waals surface area contributed by atoms with Crippen LogP contribution in [0.5, 0.6) is 5.75 Å². The van der Waals surface area contributed by atoms with Crippen LogP contribution in [-0.4, -0.2) is 55.1 Å². The van der Waals surface area contributed by atoms with Crippen LogP contribution in [0.4, 0.5) is 9.93 Å². The van der Waals surface area contributed by atoms with E-state index in [1.165, 1.54) is 11.3 Å². The van der Waals surface area contributed by atoms with Gasteiger partial charge in [-0.25, -0.2) is 9.78 Å². The first-order valence-electron chi connectivity index (χ1n) is 8.03. The molecule has 0 spiro atoms. The first-order valence-corrected chi connectivity index (χ1v) is 8.91. The zero-order valence-electron chi connectivity index (χ0n) is 14.0. The number of methoxy groups -OCH3 is 1. The molecule has 132 valence electrons. The minimum atomic E-state index is -0.208. The molecule has 1 saturated heterocycles. The lowest BCUT2D eigenvalue weighted by Gasteiger charge is -2.32. The number of thiazole rings is 1. The van der Waals surface area contributed by atoms with Crippen molar-refractivity contribution in [1.29, 1.82) is 0 Å². The molecule has 3 rings (SSSR count). The molecular formula is C17H20N4O3S. The number of hydrogen-bond acceptors (Lipinski definition) is 5. The van der Waals surface area contributed by atoms with E-state index in [0.29, 0.717) is 24.8 Å². The number of urea groups is 1. The number of carbonyl (C=O) groups is 2. The van der Waals surface area contributed by atoms with Crippen LogP contribution in [0.15, 0.2) is 35.8 Å². The van der Waals surface area contributed by atoms with Gasteiger partial charge in [0.2, 0.25) is 5.91 Å². The highest BCUT2D eigenvalue weighted by Gasteiger charge is 2.28. The SMILES string of the molecule is COc1ccc(CCNC(=O)N2CCN(c3nccs3)C(=O)C2)cc1. The number of rotatable bonds is 5. The van der Waals surface area contributed by atoms with Gasteiger partial charge in [0.1, 0.15) is 12.3 Å². The molecule has 0 radical (unpaired) electrons. The second-order valence-corrected chi connectivity index (χ2v) is 6.48. The van der Waals surface area contributed by atoms with E-state index in [1.807, 2.05) is 29.6 Å². The Bertz CT molecular complexity index is 718. The molecule has 0 saturated carbocycles. The number of ether oxygens (including phenoxy) is 1. The average molecular weight is 360 g/mol. The van der Waals surface area contributed by atoms with E-state index in [2.05, 4.69) is 10.3 Å². The fourth-order valence-corrected chi connectivity index (χ4v) is 3.30. The van der Waals surface area contributed by atoms with Crippen LogP contribution < -0.4 is 15.0 Å². The summed E-state index contributed by atoms with van der Waals surface area (Å²) >= 11 is 1.42. The van der Waals surface area contributed by atoms with Crippen LogP contribution >= 0.6 is 11.3 Å². The molecule has 1 aromatic heterocycles. The van der Waals surface area contributed by atoms with Crippen molar-refractivity contribution in [2.24, 2.45) is 0 Å². The first-order chi connectivity index (χ1) is 12.2. The highest BCUT2D eigenvalue weighted by molar-refractivity contribution is 7.13. The second-order valence-electron chi connectivity index (χ2n) is 5.61. The van der Waals surface area contributed by atoms with Gasteiger partial charge in [-0.05, 0) is 24.1 Å². The van der Waals surface area contributed by atoms with Crippen LogP contribution in [0, 0.1) is 0 Å². The van der Waals surface area contributed by atoms with Gasteiger partial charge in [-0.15, -0.1) is 11.3 Å². The summed E-state index contributed by atoms with van der Waals surface area (Å²) in [6.45, 7) is 1.57. The number of nitrogens with zero attached hydrogens (tertiary/aromatic N) is 3. The lowest BCUT2D eigenvalue weighted by molar-refractivity contribution is -0.120. The number of piperazine rings is 1. The number of anilines is 1. The van der Waals surface area contributed by atoms with Crippen molar-refractivity contribution in [3.63, 3.8) is 0 Å². The molecule has 2 aromatic rings. The third-order valence-electron chi connectivity index (χ3n) is 4.01. The summed E-state index contributed by atoms with van der Waals surface area (Å²) in [7, 11) is 1.63. The normalized spacial score (nSPS) is 14.5. The summed E-state index contributed by atoms with van der Waals surface area (Å²) in [6.07, 6.45) is 2.40. The Kier molecular flexibility index (Phi) is 5.49. The molecule has 7 nitrogen and oxygen atoms in total. The van der Waals surface area contributed by atoms with E-state index in [1.54, 1.807) is 23.1 Å². The summed E-state index contributed by atoms with van der Waals surface area (Å²) in [5, 5.41) is 5.39. The van der Waals surface area contributed by atoms with Crippen molar-refractivity contribution in [3.8, 4) is 5.75 Å². The molecule has 3 amide bonds. The van der Waals surface area contributed by atoms with E-state index in [9.17, 15) is 9.59 Å². The minimum Gasteiger partial charge on any atom is -0.497 e. The molecule has 1 aliphatic heterocycles. The van der Waals surface area contributed by atoms with Crippen LogP contribution in [0.1, 0.15) is 5.56 Å². The van der Waals surface area contributed by atoms with Crippen LogP contribution in [0.2, 0.25) is 0 Å². The maximum atomic E-state index is 12.2. The maximum absolute atomic E-state index is 12.2. The smallest absolute Gasteiger partial charge is 0.317 e. The van der Waals surface area contributed by atoms with Crippen molar-refractivity contribution >= 4 is 28.4 Å². The standard InChI is InChI=1S/C17H20N4O3S/c1-24-14-4-2-13(3-5-14)6-7-18-16(23)20-9-10-21(15(22)12-20)17-19-8-11-25-17/h2-5,8,11H,6-7,9-10,12H2,1H3,(H,18,23). The fourth-order valence-electron chi connectivity index (χ4n) is 2.62. The highest BCUT2D eigenvalue weighted by Crippen LogP contribution is 2.19. The van der Waals surface area contributed by atoms with Gasteiger partial charge in [-0.3, -0.25) is 9.69 Å². The monoisotopic (exact) mass is 360 g/mol. The van der Waals surface area contributed by atoms with E-state index in [-0.39, 0.29) is 18.5 Å². The molecule has 8 heteroatoms. The summed E-state index contributed by atoms with van der Waals surface area (Å²) in [4.78, 5) is 31.8. The number of benzene rings is 1. The average Bonchev–Trinajstić information content (AvgIpc) is 3.16. The van der Waals surface area contributed by atoms with Crippen LogP contribution in [-0.2, 0) is 11.2 Å². The van der Waals surface area contributed by atoms with E-state index < -0.39 is 0 Å². The Labute approximate surface area is 150 Å². The third kappa shape index (κ3) is 4.27. The van der Waals surface area contributed by atoms with Gasteiger partial charge in [0.05, 0.1) is 7.11 Å². The van der Waals surface area contributed by atoms with Crippen molar-refractivity contribution in [1.82, 2.24) is 15.2 Å². The quantitative estimate of drug-likeness (QED) is 0.882. The van der Waals surface area contributed by atoms with E-state index >= 15 is 0 Å². The molecular weight excluding hydrogens is 340 g/mol. The van der Waals surface area contributed by atoms with Crippen molar-refractivity contribution in [2.45, 2.75) is 6.42 Å². The molecule has 0 aliphatic carbocycles. The maximum Gasteiger partial charge on any atom is 0.317 e. The summed E-state index contributed by atoms with van der Waals surface area (Å²) in [6, 6.07) is 7.53. The van der Waals surface area contributed by atoms with Gasteiger partial charge in [-0.2, -0.15) is 0 Å². The Morgan fingerprint density at radius 3 is 2.76 bits per heavy atom. The number of nitrogens with one attached hydrogen (secondary N) is 1. The Morgan fingerprint density at radius 1 is 1.32 bits per heavy atom. The summed E-state index contributed by atoms with van der Waals surface area (Å²) in [5.41, 5.74) is 1.12. The zero-order valence-corrected chi connectivity index (χ0v) is 14.8. The van der Waals surface area contributed by atoms with Crippen LogP contribution in [0.3, 0.4) is 0 Å². The molecule has 0 bridgehead atoms. The molecule has 0 unspecified atom stereocenters. The lowest BCUT2D eigenvalue weighted by atomic mass is 10.1. The highest BCUT2D eigenvalue weighted by atomic mass is 32.1. The zero-order chi connectivity index (χ0) is 17.6. The number of carbonyl (C=O) groups excluding carboxylic acids is 2. The van der Waals surface area contributed by atoms with Gasteiger partial charge in [0.15, 0.2) is 5.13 Å². The Morgan fingerprint density at radius 2 is 2.12 bits per heavy atom. The number of amides is 3. The van der Waals surface area contributed by atoms with Crippen molar-refractivity contribution in [2.75, 3.05) is 38.2 Å². The molecule has 1 aromatic carbocycles. The third-order valence-corrected chi connectivity index (χ3v) is 4.80. The van der Waals surface area contributed by atoms with E-state index in [0.717, 1.165) is 17.7 Å². The summed E-state index contributed by atoms with van der Waals surface area (Å²) < 4.78 is 5.12. The van der Waals surface area contributed by atoms with Gasteiger partial charge in [0, 0.05) is 31.2 Å². The summed E-state index contributed by atoms with van der Waals surface area (Å²) in [5.74, 6) is 0.705. The number of hydrogen-bond donors (Lipinski definition) is 1. The first kappa shape index (κ1) is 17.2. The van der Waals surface area contributed by atoms with Gasteiger partial charge < -0.3 is 15.0 Å².